The molecule has 0 spiro atoms. The standard InChI is InChI=1S/C19H25FN2O3.C2HF3O2/c20-17-3-1-15(2-4-17)9-18(23)22-10-16-11-25-14-19(16,13-22)12-21-5-7-24-8-6-21;3-2(4,5)1(6)7/h1-4,16H,5-14H2;(H,6,7)/t16-,19+;/m1./s1. The summed E-state index contributed by atoms with van der Waals surface area (Å²) in [5.74, 6) is -2.49. The van der Waals surface area contributed by atoms with Crippen molar-refractivity contribution in [2.45, 2.75) is 12.6 Å². The second-order valence-corrected chi connectivity index (χ2v) is 8.34. The van der Waals surface area contributed by atoms with Gasteiger partial charge in [-0.1, -0.05) is 12.1 Å². The quantitative estimate of drug-likeness (QED) is 0.688. The van der Waals surface area contributed by atoms with Gasteiger partial charge in [-0.15, -0.1) is 0 Å². The molecule has 0 unspecified atom stereocenters. The number of fused-ring (bicyclic) bond motifs is 1. The number of benzene rings is 1. The lowest BCUT2D eigenvalue weighted by Gasteiger charge is -2.36. The molecule has 1 amide bonds. The van der Waals surface area contributed by atoms with Gasteiger partial charge in [-0.05, 0) is 17.7 Å². The lowest BCUT2D eigenvalue weighted by Crippen LogP contribution is -2.47. The lowest BCUT2D eigenvalue weighted by atomic mass is 9.80. The Bertz CT molecular complexity index is 798. The van der Waals surface area contributed by atoms with Gasteiger partial charge in [0.1, 0.15) is 5.82 Å². The first kappa shape index (κ1) is 24.4. The number of amides is 1. The smallest absolute Gasteiger partial charge is 0.475 e. The van der Waals surface area contributed by atoms with Crippen LogP contribution in [0.4, 0.5) is 17.6 Å². The second kappa shape index (κ2) is 10.1. The highest BCUT2D eigenvalue weighted by Gasteiger charge is 2.52. The van der Waals surface area contributed by atoms with Gasteiger partial charge >= 0.3 is 12.1 Å². The second-order valence-electron chi connectivity index (χ2n) is 8.34. The van der Waals surface area contributed by atoms with Crippen molar-refractivity contribution in [1.29, 1.82) is 0 Å². The highest BCUT2D eigenvalue weighted by atomic mass is 19.4. The molecule has 178 valence electrons. The van der Waals surface area contributed by atoms with E-state index in [-0.39, 0.29) is 17.1 Å². The van der Waals surface area contributed by atoms with Crippen LogP contribution >= 0.6 is 0 Å². The number of carboxylic acid groups (broad SMARTS) is 1. The van der Waals surface area contributed by atoms with E-state index in [2.05, 4.69) is 4.90 Å². The van der Waals surface area contributed by atoms with Crippen LogP contribution in [0.15, 0.2) is 24.3 Å². The molecule has 2 atom stereocenters. The van der Waals surface area contributed by atoms with Crippen molar-refractivity contribution in [2.24, 2.45) is 11.3 Å². The number of aliphatic carboxylic acids is 1. The number of hydrogen-bond donors (Lipinski definition) is 1. The third-order valence-corrected chi connectivity index (χ3v) is 6.03. The molecule has 1 aromatic rings. The summed E-state index contributed by atoms with van der Waals surface area (Å²) in [6, 6.07) is 6.21. The summed E-state index contributed by atoms with van der Waals surface area (Å²) < 4.78 is 56.0. The van der Waals surface area contributed by atoms with E-state index in [1.807, 2.05) is 4.90 Å². The zero-order valence-corrected chi connectivity index (χ0v) is 17.4. The number of hydrogen-bond acceptors (Lipinski definition) is 5. The number of carbonyl (C=O) groups excluding carboxylic acids is 1. The molecule has 0 aliphatic carbocycles. The van der Waals surface area contributed by atoms with Crippen molar-refractivity contribution in [3.05, 3.63) is 35.6 Å². The Morgan fingerprint density at radius 3 is 2.34 bits per heavy atom. The normalized spacial score (nSPS) is 25.8. The molecule has 1 aromatic carbocycles. The van der Waals surface area contributed by atoms with E-state index in [1.54, 1.807) is 12.1 Å². The van der Waals surface area contributed by atoms with Crippen LogP contribution < -0.4 is 0 Å². The summed E-state index contributed by atoms with van der Waals surface area (Å²) in [6.07, 6.45) is -4.75. The van der Waals surface area contributed by atoms with Crippen molar-refractivity contribution in [1.82, 2.24) is 9.80 Å². The molecule has 3 aliphatic rings. The van der Waals surface area contributed by atoms with Crippen molar-refractivity contribution >= 4 is 11.9 Å². The topological polar surface area (TPSA) is 79.3 Å². The van der Waals surface area contributed by atoms with Gasteiger partial charge in [0, 0.05) is 44.1 Å². The van der Waals surface area contributed by atoms with E-state index in [0.29, 0.717) is 12.3 Å². The molecular formula is C21H26F4N2O5. The molecule has 3 saturated heterocycles. The molecule has 0 radical (unpaired) electrons. The predicted octanol–water partition coefficient (Wildman–Crippen LogP) is 1.81. The Hall–Kier alpha value is -2.24. The maximum atomic E-state index is 13.0. The fourth-order valence-corrected chi connectivity index (χ4v) is 4.34. The number of nitrogens with zero attached hydrogens (tertiary/aromatic N) is 2. The number of carboxylic acids is 1. The van der Waals surface area contributed by atoms with E-state index >= 15 is 0 Å². The summed E-state index contributed by atoms with van der Waals surface area (Å²) in [5.41, 5.74) is 0.914. The minimum absolute atomic E-state index is 0.0514. The minimum atomic E-state index is -5.08. The number of likely N-dealkylation sites (tertiary alicyclic amines) is 1. The van der Waals surface area contributed by atoms with Gasteiger partial charge in [-0.2, -0.15) is 13.2 Å². The van der Waals surface area contributed by atoms with Gasteiger partial charge < -0.3 is 19.5 Å². The largest absolute Gasteiger partial charge is 0.490 e. The Balaban J connectivity index is 0.000000360. The molecule has 3 heterocycles. The fraction of sp³-hybridized carbons (Fsp3) is 0.619. The van der Waals surface area contributed by atoms with E-state index in [0.717, 1.165) is 64.7 Å². The first-order valence-corrected chi connectivity index (χ1v) is 10.3. The van der Waals surface area contributed by atoms with E-state index in [4.69, 9.17) is 19.4 Å². The average Bonchev–Trinajstić information content (AvgIpc) is 3.27. The molecule has 4 rings (SSSR count). The van der Waals surface area contributed by atoms with Gasteiger partial charge in [-0.3, -0.25) is 9.69 Å². The summed E-state index contributed by atoms with van der Waals surface area (Å²) >= 11 is 0. The summed E-state index contributed by atoms with van der Waals surface area (Å²) in [7, 11) is 0. The zero-order valence-electron chi connectivity index (χ0n) is 17.4. The lowest BCUT2D eigenvalue weighted by molar-refractivity contribution is -0.192. The van der Waals surface area contributed by atoms with Gasteiger partial charge in [0.2, 0.25) is 5.91 Å². The monoisotopic (exact) mass is 462 g/mol. The summed E-state index contributed by atoms with van der Waals surface area (Å²) in [4.78, 5) is 26.0. The Morgan fingerprint density at radius 2 is 1.75 bits per heavy atom. The molecule has 7 nitrogen and oxygen atoms in total. The molecule has 11 heteroatoms. The SMILES string of the molecule is O=C(Cc1ccc(F)cc1)N1C[C@@H]2COC[C@]2(CN2CCOCC2)C1.O=C(O)C(F)(F)F. The summed E-state index contributed by atoms with van der Waals surface area (Å²) in [5, 5.41) is 7.12. The van der Waals surface area contributed by atoms with E-state index in [9.17, 15) is 22.4 Å². The first-order chi connectivity index (χ1) is 15.1. The Labute approximate surface area is 182 Å². The third kappa shape index (κ3) is 6.17. The number of ether oxygens (including phenoxy) is 2. The number of halogens is 4. The van der Waals surface area contributed by atoms with Gasteiger partial charge in [-0.25, -0.2) is 9.18 Å². The molecule has 32 heavy (non-hydrogen) atoms. The highest BCUT2D eigenvalue weighted by Crippen LogP contribution is 2.42. The summed E-state index contributed by atoms with van der Waals surface area (Å²) in [6.45, 7) is 7.46. The number of rotatable bonds is 4. The first-order valence-electron chi connectivity index (χ1n) is 10.3. The molecule has 0 aromatic heterocycles. The van der Waals surface area contributed by atoms with Crippen molar-refractivity contribution in [2.75, 3.05) is 59.2 Å². The fourth-order valence-electron chi connectivity index (χ4n) is 4.34. The predicted molar refractivity (Wildman–Crippen MR) is 104 cm³/mol. The maximum Gasteiger partial charge on any atom is 0.490 e. The van der Waals surface area contributed by atoms with Crippen molar-refractivity contribution in [3.63, 3.8) is 0 Å². The van der Waals surface area contributed by atoms with Gasteiger partial charge in [0.25, 0.3) is 0 Å². The maximum absolute atomic E-state index is 13.0. The van der Waals surface area contributed by atoms with Crippen LogP contribution in [0.5, 0.6) is 0 Å². The Morgan fingerprint density at radius 1 is 1.12 bits per heavy atom. The van der Waals surface area contributed by atoms with Gasteiger partial charge in [0.05, 0.1) is 32.8 Å². The van der Waals surface area contributed by atoms with Crippen LogP contribution in [0.2, 0.25) is 0 Å². The van der Waals surface area contributed by atoms with Crippen LogP contribution in [-0.4, -0.2) is 92.1 Å². The molecule has 0 saturated carbocycles. The van der Waals surface area contributed by atoms with Crippen molar-refractivity contribution < 1.29 is 41.7 Å². The molecular weight excluding hydrogens is 436 g/mol. The van der Waals surface area contributed by atoms with Crippen molar-refractivity contribution in [3.8, 4) is 0 Å². The number of carbonyl (C=O) groups is 2. The van der Waals surface area contributed by atoms with E-state index in [1.165, 1.54) is 12.1 Å². The molecule has 3 aliphatic heterocycles. The van der Waals surface area contributed by atoms with Gasteiger partial charge in [0.15, 0.2) is 0 Å². The zero-order chi connectivity index (χ0) is 23.4. The number of alkyl halides is 3. The Kier molecular flexibility index (Phi) is 7.73. The third-order valence-electron chi connectivity index (χ3n) is 6.03. The van der Waals surface area contributed by atoms with E-state index < -0.39 is 12.1 Å². The average molecular weight is 462 g/mol. The van der Waals surface area contributed by atoms with Crippen LogP contribution in [-0.2, 0) is 25.5 Å². The minimum Gasteiger partial charge on any atom is -0.475 e. The van der Waals surface area contributed by atoms with Crippen LogP contribution in [0.25, 0.3) is 0 Å². The molecule has 0 bridgehead atoms. The van der Waals surface area contributed by atoms with Crippen LogP contribution in [0.3, 0.4) is 0 Å². The highest BCUT2D eigenvalue weighted by molar-refractivity contribution is 5.79. The van der Waals surface area contributed by atoms with Crippen LogP contribution in [0, 0.1) is 17.2 Å². The van der Waals surface area contributed by atoms with Crippen LogP contribution in [0.1, 0.15) is 5.56 Å². The molecule has 3 fully saturated rings. The number of morpholine rings is 1. The molecule has 1 N–H and O–H groups in total.